The van der Waals surface area contributed by atoms with E-state index in [2.05, 4.69) is 29.0 Å². The highest BCUT2D eigenvalue weighted by atomic mass is 32.2. The largest absolute Gasteiger partial charge is 0.290 e. The van der Waals surface area contributed by atoms with E-state index in [1.54, 1.807) is 0 Å². The molecule has 0 saturated heterocycles. The Balaban J connectivity index is 2.04. The summed E-state index contributed by atoms with van der Waals surface area (Å²) in [5.74, 6) is 2.24. The third kappa shape index (κ3) is 3.56. The molecule has 1 aromatic carbocycles. The Kier molecular flexibility index (Phi) is 4.56. The fourth-order valence-corrected chi connectivity index (χ4v) is 2.10. The van der Waals surface area contributed by atoms with E-state index in [-0.39, 0.29) is 0 Å². The normalized spacial score (nSPS) is 11.4. The molecule has 2 aromatic rings. The van der Waals surface area contributed by atoms with Crippen LogP contribution >= 0.6 is 11.8 Å². The van der Waals surface area contributed by atoms with Gasteiger partial charge in [-0.15, -0.1) is 0 Å². The van der Waals surface area contributed by atoms with Crippen LogP contribution < -0.4 is 0 Å². The molecule has 0 aliphatic heterocycles. The Bertz CT molecular complexity index is 508. The molecule has 0 radical (unpaired) electrons. The maximum Gasteiger partial charge on any atom is 0.0815 e. The SMILES string of the molecule is CCSCC/N=C/c1ccc2ccccc2n1. The number of aliphatic imine (C=N–C) groups is 1. The molecular formula is C14H16N2S. The quantitative estimate of drug-likeness (QED) is 0.595. The lowest BCUT2D eigenvalue weighted by atomic mass is 10.2. The van der Waals surface area contributed by atoms with Crippen LogP contribution in [0.15, 0.2) is 41.4 Å². The van der Waals surface area contributed by atoms with Crippen molar-refractivity contribution < 1.29 is 0 Å². The molecule has 0 aliphatic rings. The van der Waals surface area contributed by atoms with E-state index in [9.17, 15) is 0 Å². The molecule has 2 rings (SSSR count). The second kappa shape index (κ2) is 6.40. The average molecular weight is 244 g/mol. The molecule has 17 heavy (non-hydrogen) atoms. The Morgan fingerprint density at radius 1 is 1.24 bits per heavy atom. The zero-order valence-electron chi connectivity index (χ0n) is 9.97. The molecule has 0 saturated carbocycles. The lowest BCUT2D eigenvalue weighted by molar-refractivity contribution is 1.15. The predicted molar refractivity (Wildman–Crippen MR) is 77.2 cm³/mol. The smallest absolute Gasteiger partial charge is 0.0815 e. The first kappa shape index (κ1) is 12.1. The third-order valence-electron chi connectivity index (χ3n) is 2.41. The standard InChI is InChI=1S/C14H16N2S/c1-2-17-10-9-15-11-13-8-7-12-5-3-4-6-14(12)16-13/h3-8,11H,2,9-10H2,1H3/b15-11+. The van der Waals surface area contributed by atoms with E-state index < -0.39 is 0 Å². The highest BCUT2D eigenvalue weighted by Gasteiger charge is 1.94. The Morgan fingerprint density at radius 2 is 2.12 bits per heavy atom. The molecule has 0 fully saturated rings. The van der Waals surface area contributed by atoms with Gasteiger partial charge in [0, 0.05) is 23.9 Å². The lowest BCUT2D eigenvalue weighted by Gasteiger charge is -1.98. The minimum absolute atomic E-state index is 0.868. The number of hydrogen-bond acceptors (Lipinski definition) is 3. The summed E-state index contributed by atoms with van der Waals surface area (Å²) < 4.78 is 0. The zero-order valence-corrected chi connectivity index (χ0v) is 10.8. The Labute approximate surface area is 106 Å². The van der Waals surface area contributed by atoms with Crippen molar-refractivity contribution in [2.45, 2.75) is 6.92 Å². The van der Waals surface area contributed by atoms with Gasteiger partial charge in [0.2, 0.25) is 0 Å². The maximum atomic E-state index is 4.54. The van der Waals surface area contributed by atoms with Crippen molar-refractivity contribution in [3.05, 3.63) is 42.1 Å². The number of benzene rings is 1. The molecule has 0 amide bonds. The van der Waals surface area contributed by atoms with Crippen molar-refractivity contribution in [2.75, 3.05) is 18.1 Å². The number of rotatable bonds is 5. The molecule has 2 nitrogen and oxygen atoms in total. The number of para-hydroxylation sites is 1. The van der Waals surface area contributed by atoms with Crippen LogP contribution in [0.3, 0.4) is 0 Å². The van der Waals surface area contributed by atoms with Gasteiger partial charge in [0.15, 0.2) is 0 Å². The van der Waals surface area contributed by atoms with Gasteiger partial charge >= 0.3 is 0 Å². The molecule has 0 spiro atoms. The number of nitrogens with zero attached hydrogens (tertiary/aromatic N) is 2. The molecular weight excluding hydrogens is 228 g/mol. The summed E-state index contributed by atoms with van der Waals surface area (Å²) in [5, 5.41) is 1.17. The second-order valence-electron chi connectivity index (χ2n) is 3.66. The van der Waals surface area contributed by atoms with Crippen LogP contribution in [0.5, 0.6) is 0 Å². The highest BCUT2D eigenvalue weighted by molar-refractivity contribution is 7.99. The maximum absolute atomic E-state index is 4.54. The highest BCUT2D eigenvalue weighted by Crippen LogP contribution is 2.10. The van der Waals surface area contributed by atoms with Crippen molar-refractivity contribution in [1.82, 2.24) is 4.98 Å². The fourth-order valence-electron chi connectivity index (χ4n) is 1.57. The van der Waals surface area contributed by atoms with E-state index in [0.717, 1.165) is 29.3 Å². The first-order valence-electron chi connectivity index (χ1n) is 5.83. The van der Waals surface area contributed by atoms with Gasteiger partial charge in [-0.25, -0.2) is 4.98 Å². The van der Waals surface area contributed by atoms with Gasteiger partial charge in [0.25, 0.3) is 0 Å². The van der Waals surface area contributed by atoms with Gasteiger partial charge < -0.3 is 0 Å². The summed E-state index contributed by atoms with van der Waals surface area (Å²) in [7, 11) is 0. The molecule has 0 N–H and O–H groups in total. The van der Waals surface area contributed by atoms with Gasteiger partial charge in [0.05, 0.1) is 11.2 Å². The van der Waals surface area contributed by atoms with Crippen molar-refractivity contribution in [2.24, 2.45) is 4.99 Å². The summed E-state index contributed by atoms with van der Waals surface area (Å²) in [6.45, 7) is 3.03. The third-order valence-corrected chi connectivity index (χ3v) is 3.29. The fraction of sp³-hybridized carbons (Fsp3) is 0.286. The van der Waals surface area contributed by atoms with E-state index in [1.807, 2.05) is 42.2 Å². The topological polar surface area (TPSA) is 25.2 Å². The first-order valence-corrected chi connectivity index (χ1v) is 6.99. The van der Waals surface area contributed by atoms with Gasteiger partial charge in [-0.2, -0.15) is 11.8 Å². The monoisotopic (exact) mass is 244 g/mol. The summed E-state index contributed by atoms with van der Waals surface area (Å²) in [4.78, 5) is 8.91. The van der Waals surface area contributed by atoms with Crippen LogP contribution in [-0.4, -0.2) is 29.2 Å². The van der Waals surface area contributed by atoms with E-state index in [1.165, 1.54) is 5.39 Å². The summed E-state index contributed by atoms with van der Waals surface area (Å²) >= 11 is 1.91. The van der Waals surface area contributed by atoms with E-state index in [4.69, 9.17) is 0 Å². The van der Waals surface area contributed by atoms with E-state index >= 15 is 0 Å². The minimum atomic E-state index is 0.868. The van der Waals surface area contributed by atoms with Crippen LogP contribution in [-0.2, 0) is 0 Å². The average Bonchev–Trinajstić information content (AvgIpc) is 2.38. The number of aromatic nitrogens is 1. The van der Waals surface area contributed by atoms with Crippen LogP contribution in [0.1, 0.15) is 12.6 Å². The van der Waals surface area contributed by atoms with Gasteiger partial charge in [-0.05, 0) is 17.9 Å². The van der Waals surface area contributed by atoms with Crippen LogP contribution in [0, 0.1) is 0 Å². The number of thioether (sulfide) groups is 1. The molecule has 0 unspecified atom stereocenters. The zero-order chi connectivity index (χ0) is 11.9. The Morgan fingerprint density at radius 3 is 3.00 bits per heavy atom. The van der Waals surface area contributed by atoms with Crippen molar-refractivity contribution in [3.8, 4) is 0 Å². The molecule has 1 aromatic heterocycles. The van der Waals surface area contributed by atoms with Gasteiger partial charge in [-0.1, -0.05) is 31.2 Å². The summed E-state index contributed by atoms with van der Waals surface area (Å²) in [6.07, 6.45) is 1.86. The first-order chi connectivity index (χ1) is 8.40. The summed E-state index contributed by atoms with van der Waals surface area (Å²) in [6, 6.07) is 12.2. The molecule has 0 atom stereocenters. The molecule has 88 valence electrons. The number of fused-ring (bicyclic) bond motifs is 1. The van der Waals surface area contributed by atoms with Gasteiger partial charge in [0.1, 0.15) is 0 Å². The molecule has 3 heteroatoms. The molecule has 0 bridgehead atoms. The van der Waals surface area contributed by atoms with E-state index in [0.29, 0.717) is 0 Å². The molecule has 0 aliphatic carbocycles. The van der Waals surface area contributed by atoms with Crippen molar-refractivity contribution in [1.29, 1.82) is 0 Å². The summed E-state index contributed by atoms with van der Waals surface area (Å²) in [5.41, 5.74) is 1.96. The minimum Gasteiger partial charge on any atom is -0.290 e. The van der Waals surface area contributed by atoms with Crippen LogP contribution in [0.2, 0.25) is 0 Å². The second-order valence-corrected chi connectivity index (χ2v) is 5.05. The number of pyridine rings is 1. The predicted octanol–water partition coefficient (Wildman–Crippen LogP) is 3.41. The molecule has 1 heterocycles. The lowest BCUT2D eigenvalue weighted by Crippen LogP contribution is -1.91. The van der Waals surface area contributed by atoms with Crippen molar-refractivity contribution >= 4 is 28.9 Å². The van der Waals surface area contributed by atoms with Crippen molar-refractivity contribution in [3.63, 3.8) is 0 Å². The van der Waals surface area contributed by atoms with Crippen LogP contribution in [0.25, 0.3) is 10.9 Å². The Hall–Kier alpha value is -1.35. The van der Waals surface area contributed by atoms with Gasteiger partial charge in [-0.3, -0.25) is 4.99 Å². The number of hydrogen-bond donors (Lipinski definition) is 0. The van der Waals surface area contributed by atoms with Crippen LogP contribution in [0.4, 0.5) is 0 Å².